The quantitative estimate of drug-likeness (QED) is 0.565. The van der Waals surface area contributed by atoms with Crippen molar-refractivity contribution in [3.05, 3.63) is 65.2 Å². The van der Waals surface area contributed by atoms with Crippen molar-refractivity contribution in [1.29, 1.82) is 0 Å². The van der Waals surface area contributed by atoms with E-state index in [-0.39, 0.29) is 35.9 Å². The van der Waals surface area contributed by atoms with Gasteiger partial charge in [-0.1, -0.05) is 29.8 Å². The number of benzene rings is 2. The molecular formula is C19H22N2O5S. The second-order valence-corrected chi connectivity index (χ2v) is 7.83. The molecule has 0 aliphatic carbocycles. The highest BCUT2D eigenvalue weighted by atomic mass is 32.2. The van der Waals surface area contributed by atoms with Crippen LogP contribution in [0.5, 0.6) is 0 Å². The minimum atomic E-state index is -3.59. The zero-order chi connectivity index (χ0) is 19.9. The van der Waals surface area contributed by atoms with Gasteiger partial charge in [0.05, 0.1) is 10.5 Å². The third-order valence-corrected chi connectivity index (χ3v) is 5.39. The van der Waals surface area contributed by atoms with Gasteiger partial charge in [0.1, 0.15) is 0 Å². The molecule has 7 nitrogen and oxygen atoms in total. The van der Waals surface area contributed by atoms with E-state index in [4.69, 9.17) is 5.11 Å². The number of hydrogen-bond acceptors (Lipinski definition) is 4. The summed E-state index contributed by atoms with van der Waals surface area (Å²) in [5.74, 6) is -1.20. The molecule has 2 aromatic rings. The molecule has 0 unspecified atom stereocenters. The van der Waals surface area contributed by atoms with E-state index in [0.717, 1.165) is 11.1 Å². The Morgan fingerprint density at radius 3 is 2.19 bits per heavy atom. The van der Waals surface area contributed by atoms with E-state index in [9.17, 15) is 18.0 Å². The maximum absolute atomic E-state index is 12.1. The molecule has 0 aliphatic heterocycles. The maximum atomic E-state index is 12.1. The zero-order valence-electron chi connectivity index (χ0n) is 14.9. The summed E-state index contributed by atoms with van der Waals surface area (Å²) in [7, 11) is -3.59. The molecular weight excluding hydrogens is 368 g/mol. The average molecular weight is 390 g/mol. The van der Waals surface area contributed by atoms with Crippen LogP contribution in [0, 0.1) is 6.92 Å². The lowest BCUT2D eigenvalue weighted by Gasteiger charge is -2.08. The Morgan fingerprint density at radius 2 is 1.59 bits per heavy atom. The van der Waals surface area contributed by atoms with Crippen molar-refractivity contribution in [1.82, 2.24) is 10.0 Å². The Labute approximate surface area is 158 Å². The third-order valence-electron chi connectivity index (χ3n) is 3.91. The van der Waals surface area contributed by atoms with Gasteiger partial charge in [0.2, 0.25) is 15.9 Å². The molecule has 0 spiro atoms. The molecule has 0 bridgehead atoms. The van der Waals surface area contributed by atoms with Crippen LogP contribution in [0.1, 0.15) is 27.9 Å². The highest BCUT2D eigenvalue weighted by Crippen LogP contribution is 2.09. The minimum absolute atomic E-state index is 0.0925. The molecule has 0 aromatic heterocycles. The fourth-order valence-electron chi connectivity index (χ4n) is 2.35. The summed E-state index contributed by atoms with van der Waals surface area (Å²) < 4.78 is 26.7. The van der Waals surface area contributed by atoms with Crippen molar-refractivity contribution in [3.8, 4) is 0 Å². The SMILES string of the molecule is Cc1ccc(S(=O)(=O)NCCNC(=O)CCc2ccc(C(=O)O)cc2)cc1. The van der Waals surface area contributed by atoms with Crippen LogP contribution in [0.3, 0.4) is 0 Å². The minimum Gasteiger partial charge on any atom is -0.478 e. The number of carbonyl (C=O) groups excluding carboxylic acids is 1. The van der Waals surface area contributed by atoms with Crippen LogP contribution in [-0.2, 0) is 21.2 Å². The molecule has 0 fully saturated rings. The smallest absolute Gasteiger partial charge is 0.335 e. The Hall–Kier alpha value is -2.71. The summed E-state index contributed by atoms with van der Waals surface area (Å²) in [6.07, 6.45) is 0.706. The van der Waals surface area contributed by atoms with Crippen molar-refractivity contribution >= 4 is 21.9 Å². The second-order valence-electron chi connectivity index (χ2n) is 6.06. The summed E-state index contributed by atoms with van der Waals surface area (Å²) in [6.45, 7) is 2.15. The highest BCUT2D eigenvalue weighted by Gasteiger charge is 2.12. The summed E-state index contributed by atoms with van der Waals surface area (Å²) in [5, 5.41) is 11.5. The molecule has 0 saturated carbocycles. The van der Waals surface area contributed by atoms with Gasteiger partial charge in [-0.3, -0.25) is 4.79 Å². The van der Waals surface area contributed by atoms with Crippen molar-refractivity contribution in [2.45, 2.75) is 24.7 Å². The fourth-order valence-corrected chi connectivity index (χ4v) is 3.38. The standard InChI is InChI=1S/C19H22N2O5S/c1-14-2-9-17(10-3-14)27(25,26)21-13-12-20-18(22)11-6-15-4-7-16(8-5-15)19(23)24/h2-5,7-10,21H,6,11-13H2,1H3,(H,20,22)(H,23,24). The molecule has 0 radical (unpaired) electrons. The van der Waals surface area contributed by atoms with Crippen LogP contribution in [0.2, 0.25) is 0 Å². The molecule has 144 valence electrons. The lowest BCUT2D eigenvalue weighted by Crippen LogP contribution is -2.34. The van der Waals surface area contributed by atoms with E-state index >= 15 is 0 Å². The molecule has 8 heteroatoms. The topological polar surface area (TPSA) is 113 Å². The summed E-state index contributed by atoms with van der Waals surface area (Å²) in [5.41, 5.74) is 2.03. The van der Waals surface area contributed by atoms with E-state index in [1.807, 2.05) is 6.92 Å². The zero-order valence-corrected chi connectivity index (χ0v) is 15.8. The van der Waals surface area contributed by atoms with E-state index < -0.39 is 16.0 Å². The predicted molar refractivity (Wildman–Crippen MR) is 101 cm³/mol. The first-order chi connectivity index (χ1) is 12.8. The molecule has 1 amide bonds. The van der Waals surface area contributed by atoms with Gasteiger partial charge in [-0.2, -0.15) is 0 Å². The van der Waals surface area contributed by atoms with Crippen LogP contribution in [-0.4, -0.2) is 38.5 Å². The molecule has 0 heterocycles. The van der Waals surface area contributed by atoms with Gasteiger partial charge in [0.15, 0.2) is 0 Å². The van der Waals surface area contributed by atoms with Gasteiger partial charge in [0.25, 0.3) is 0 Å². The van der Waals surface area contributed by atoms with E-state index in [0.29, 0.717) is 6.42 Å². The first-order valence-corrected chi connectivity index (χ1v) is 9.91. The number of nitrogens with one attached hydrogen (secondary N) is 2. The molecule has 2 rings (SSSR count). The first-order valence-electron chi connectivity index (χ1n) is 8.43. The van der Waals surface area contributed by atoms with Crippen molar-refractivity contribution in [3.63, 3.8) is 0 Å². The molecule has 0 atom stereocenters. The molecule has 2 aromatic carbocycles. The number of rotatable bonds is 9. The van der Waals surface area contributed by atoms with E-state index in [1.165, 1.54) is 24.3 Å². The Morgan fingerprint density at radius 1 is 0.963 bits per heavy atom. The summed E-state index contributed by atoms with van der Waals surface area (Å²) >= 11 is 0. The Kier molecular flexibility index (Phi) is 7.09. The third kappa shape index (κ3) is 6.50. The van der Waals surface area contributed by atoms with Crippen LogP contribution in [0.25, 0.3) is 0 Å². The van der Waals surface area contributed by atoms with Crippen LogP contribution >= 0.6 is 0 Å². The van der Waals surface area contributed by atoms with Crippen molar-refractivity contribution in [2.75, 3.05) is 13.1 Å². The van der Waals surface area contributed by atoms with E-state index in [1.54, 1.807) is 24.3 Å². The number of aryl methyl sites for hydroxylation is 2. The maximum Gasteiger partial charge on any atom is 0.335 e. The monoisotopic (exact) mass is 390 g/mol. The second kappa shape index (κ2) is 9.29. The molecule has 27 heavy (non-hydrogen) atoms. The van der Waals surface area contributed by atoms with Crippen LogP contribution in [0.4, 0.5) is 0 Å². The number of carboxylic acids is 1. The van der Waals surface area contributed by atoms with Crippen LogP contribution < -0.4 is 10.0 Å². The highest BCUT2D eigenvalue weighted by molar-refractivity contribution is 7.89. The molecule has 3 N–H and O–H groups in total. The van der Waals surface area contributed by atoms with Crippen molar-refractivity contribution in [2.24, 2.45) is 0 Å². The van der Waals surface area contributed by atoms with Crippen molar-refractivity contribution < 1.29 is 23.1 Å². The number of amides is 1. The number of carboxylic acid groups (broad SMARTS) is 1. The largest absolute Gasteiger partial charge is 0.478 e. The fraction of sp³-hybridized carbons (Fsp3) is 0.263. The van der Waals surface area contributed by atoms with E-state index in [2.05, 4.69) is 10.0 Å². The van der Waals surface area contributed by atoms with Gasteiger partial charge >= 0.3 is 5.97 Å². The normalized spacial score (nSPS) is 11.1. The van der Waals surface area contributed by atoms with Gasteiger partial charge < -0.3 is 10.4 Å². The first kappa shape index (κ1) is 20.6. The lowest BCUT2D eigenvalue weighted by atomic mass is 10.1. The lowest BCUT2D eigenvalue weighted by molar-refractivity contribution is -0.121. The summed E-state index contributed by atoms with van der Waals surface area (Å²) in [6, 6.07) is 12.8. The molecule has 0 aliphatic rings. The Bertz CT molecular complexity index is 891. The molecule has 0 saturated heterocycles. The Balaban J connectivity index is 1.71. The number of sulfonamides is 1. The van der Waals surface area contributed by atoms with Crippen LogP contribution in [0.15, 0.2) is 53.4 Å². The van der Waals surface area contributed by atoms with Gasteiger partial charge in [-0.15, -0.1) is 0 Å². The predicted octanol–water partition coefficient (Wildman–Crippen LogP) is 1.72. The number of hydrogen-bond donors (Lipinski definition) is 3. The van der Waals surface area contributed by atoms with Gasteiger partial charge in [0, 0.05) is 19.5 Å². The van der Waals surface area contributed by atoms with Gasteiger partial charge in [-0.25, -0.2) is 17.9 Å². The van der Waals surface area contributed by atoms with Gasteiger partial charge in [-0.05, 0) is 43.2 Å². The number of aromatic carboxylic acids is 1. The number of carbonyl (C=O) groups is 2. The summed E-state index contributed by atoms with van der Waals surface area (Å²) in [4.78, 5) is 22.8. The average Bonchev–Trinajstić information content (AvgIpc) is 2.64.